The average Bonchev–Trinajstić information content (AvgIpc) is 2.61. The first kappa shape index (κ1) is 15.6. The summed E-state index contributed by atoms with van der Waals surface area (Å²) < 4.78 is 7.89. The van der Waals surface area contributed by atoms with Crippen molar-refractivity contribution in [2.75, 3.05) is 22.9 Å². The summed E-state index contributed by atoms with van der Waals surface area (Å²) in [5.41, 5.74) is 9.80. The van der Waals surface area contributed by atoms with Crippen LogP contribution in [0.15, 0.2) is 45.3 Å². The Kier molecular flexibility index (Phi) is 3.81. The van der Waals surface area contributed by atoms with Crippen LogP contribution in [0.5, 0.6) is 11.5 Å². The van der Waals surface area contributed by atoms with Crippen LogP contribution in [0.1, 0.15) is 6.92 Å². The predicted molar refractivity (Wildman–Crippen MR) is 108 cm³/mol. The quantitative estimate of drug-likeness (QED) is 0.318. The van der Waals surface area contributed by atoms with E-state index in [1.165, 1.54) is 0 Å². The zero-order chi connectivity index (χ0) is 16.8. The van der Waals surface area contributed by atoms with Crippen LogP contribution in [0.4, 0.5) is 22.7 Å². The first-order valence-electron chi connectivity index (χ1n) is 7.62. The zero-order valence-corrected chi connectivity index (χ0v) is 16.1. The van der Waals surface area contributed by atoms with E-state index in [4.69, 9.17) is 10.5 Å². The molecule has 1 heterocycles. The number of halogens is 2. The van der Waals surface area contributed by atoms with Crippen LogP contribution in [0, 0.1) is 0 Å². The monoisotopic (exact) mass is 447 g/mol. The van der Waals surface area contributed by atoms with Gasteiger partial charge in [-0.3, -0.25) is 0 Å². The molecule has 24 heavy (non-hydrogen) atoms. The van der Waals surface area contributed by atoms with Gasteiger partial charge in [0.15, 0.2) is 11.5 Å². The number of nitrogens with one attached hydrogen (secondary N) is 2. The van der Waals surface area contributed by atoms with Gasteiger partial charge >= 0.3 is 0 Å². The lowest BCUT2D eigenvalue weighted by Gasteiger charge is -2.27. The molecule has 1 aliphatic rings. The van der Waals surface area contributed by atoms with Gasteiger partial charge in [-0.1, -0.05) is 24.3 Å². The number of nitrogens with two attached hydrogens (primary N) is 1. The minimum Gasteiger partial charge on any atom is -0.450 e. The highest BCUT2D eigenvalue weighted by atomic mass is 79.9. The Bertz CT molecular complexity index is 972. The van der Waals surface area contributed by atoms with E-state index in [1.54, 1.807) is 0 Å². The van der Waals surface area contributed by atoms with Crippen molar-refractivity contribution < 1.29 is 4.74 Å². The maximum atomic E-state index is 6.30. The van der Waals surface area contributed by atoms with Crippen molar-refractivity contribution in [3.05, 3.63) is 45.3 Å². The van der Waals surface area contributed by atoms with E-state index < -0.39 is 0 Å². The Labute approximate surface area is 156 Å². The highest BCUT2D eigenvalue weighted by Crippen LogP contribution is 2.54. The van der Waals surface area contributed by atoms with Crippen molar-refractivity contribution in [2.45, 2.75) is 6.92 Å². The molecule has 0 radical (unpaired) electrons. The molecule has 4 rings (SSSR count). The zero-order valence-electron chi connectivity index (χ0n) is 12.9. The van der Waals surface area contributed by atoms with Crippen molar-refractivity contribution in [2.24, 2.45) is 0 Å². The summed E-state index contributed by atoms with van der Waals surface area (Å²) in [6, 6.07) is 12.1. The standard InChI is InChI=1S/C18H15Br2N3O/c1-2-22-11-7-8-12-17(13(11)19)24-18-14(20)15(21)9-5-3-4-6-10(9)16(18)23-12/h3-8,22-23H,2,21H2,1H3. The molecule has 0 saturated heterocycles. The predicted octanol–water partition coefficient (Wildman–Crippen LogP) is 6.23. The second kappa shape index (κ2) is 5.86. The molecule has 122 valence electrons. The summed E-state index contributed by atoms with van der Waals surface area (Å²) in [6.07, 6.45) is 0. The molecule has 4 nitrogen and oxygen atoms in total. The third kappa shape index (κ3) is 2.24. The molecule has 0 aromatic heterocycles. The van der Waals surface area contributed by atoms with Crippen LogP contribution in [-0.2, 0) is 0 Å². The second-order valence-electron chi connectivity index (χ2n) is 5.54. The number of rotatable bonds is 2. The van der Waals surface area contributed by atoms with Crippen molar-refractivity contribution in [3.63, 3.8) is 0 Å². The van der Waals surface area contributed by atoms with Gasteiger partial charge in [0.25, 0.3) is 0 Å². The lowest BCUT2D eigenvalue weighted by atomic mass is 10.0. The number of ether oxygens (including phenoxy) is 1. The van der Waals surface area contributed by atoms with E-state index in [1.807, 2.05) is 36.4 Å². The molecule has 0 saturated carbocycles. The minimum atomic E-state index is 0.675. The van der Waals surface area contributed by atoms with E-state index in [0.717, 1.165) is 49.1 Å². The number of fused-ring (bicyclic) bond motifs is 4. The molecule has 6 heteroatoms. The van der Waals surface area contributed by atoms with Crippen molar-refractivity contribution >= 4 is 65.4 Å². The fraction of sp³-hybridized carbons (Fsp3) is 0.111. The van der Waals surface area contributed by atoms with Crippen LogP contribution in [-0.4, -0.2) is 6.54 Å². The van der Waals surface area contributed by atoms with Crippen molar-refractivity contribution in [1.82, 2.24) is 0 Å². The largest absolute Gasteiger partial charge is 0.450 e. The Balaban J connectivity index is 1.94. The number of hydrogen-bond donors (Lipinski definition) is 3. The van der Waals surface area contributed by atoms with Crippen molar-refractivity contribution in [1.29, 1.82) is 0 Å². The molecular weight excluding hydrogens is 434 g/mol. The van der Waals surface area contributed by atoms with Gasteiger partial charge in [-0.15, -0.1) is 0 Å². The minimum absolute atomic E-state index is 0.675. The summed E-state index contributed by atoms with van der Waals surface area (Å²) in [7, 11) is 0. The van der Waals surface area contributed by atoms with Gasteiger partial charge in [0.05, 0.1) is 31.7 Å². The van der Waals surface area contributed by atoms with E-state index in [9.17, 15) is 0 Å². The van der Waals surface area contributed by atoms with Crippen LogP contribution in [0.25, 0.3) is 10.8 Å². The maximum Gasteiger partial charge on any atom is 0.167 e. The van der Waals surface area contributed by atoms with Gasteiger partial charge in [0, 0.05) is 17.3 Å². The highest BCUT2D eigenvalue weighted by Gasteiger charge is 2.26. The van der Waals surface area contributed by atoms with Crippen LogP contribution >= 0.6 is 31.9 Å². The first-order valence-corrected chi connectivity index (χ1v) is 9.21. The molecule has 0 bridgehead atoms. The third-order valence-corrected chi connectivity index (χ3v) is 5.65. The Morgan fingerprint density at radius 2 is 1.79 bits per heavy atom. The lowest BCUT2D eigenvalue weighted by Crippen LogP contribution is -2.08. The average molecular weight is 449 g/mol. The fourth-order valence-corrected chi connectivity index (χ4v) is 4.01. The molecule has 3 aromatic carbocycles. The smallest absolute Gasteiger partial charge is 0.167 e. The van der Waals surface area contributed by atoms with Gasteiger partial charge in [0.2, 0.25) is 0 Å². The highest BCUT2D eigenvalue weighted by molar-refractivity contribution is 9.11. The molecule has 0 atom stereocenters. The Morgan fingerprint density at radius 3 is 2.54 bits per heavy atom. The van der Waals surface area contributed by atoms with Crippen LogP contribution < -0.4 is 21.1 Å². The maximum absolute atomic E-state index is 6.30. The topological polar surface area (TPSA) is 59.3 Å². The lowest BCUT2D eigenvalue weighted by molar-refractivity contribution is 0.476. The summed E-state index contributed by atoms with van der Waals surface area (Å²) in [5.74, 6) is 1.45. The third-order valence-electron chi connectivity index (χ3n) is 4.08. The van der Waals surface area contributed by atoms with Crippen LogP contribution in [0.3, 0.4) is 0 Å². The molecule has 0 unspecified atom stereocenters. The van der Waals surface area contributed by atoms with E-state index in [2.05, 4.69) is 49.4 Å². The molecule has 0 fully saturated rings. The van der Waals surface area contributed by atoms with Gasteiger partial charge in [-0.2, -0.15) is 0 Å². The SMILES string of the molecule is CCNc1ccc2c(c1Br)Oc1c(Br)c(N)c3ccccc3c1N2. The number of hydrogen-bond acceptors (Lipinski definition) is 4. The summed E-state index contributed by atoms with van der Waals surface area (Å²) in [5, 5.41) is 8.83. The van der Waals surface area contributed by atoms with Gasteiger partial charge in [-0.05, 0) is 50.9 Å². The summed E-state index contributed by atoms with van der Waals surface area (Å²) in [6.45, 7) is 2.90. The van der Waals surface area contributed by atoms with Gasteiger partial charge < -0.3 is 21.1 Å². The Morgan fingerprint density at radius 1 is 1.04 bits per heavy atom. The molecule has 4 N–H and O–H groups in total. The van der Waals surface area contributed by atoms with E-state index in [0.29, 0.717) is 11.4 Å². The molecule has 0 amide bonds. The molecular formula is C18H15Br2N3O. The Hall–Kier alpha value is -1.92. The normalized spacial score (nSPS) is 12.1. The first-order chi connectivity index (χ1) is 11.6. The van der Waals surface area contributed by atoms with Crippen molar-refractivity contribution in [3.8, 4) is 11.5 Å². The van der Waals surface area contributed by atoms with E-state index in [-0.39, 0.29) is 0 Å². The number of benzene rings is 3. The molecule has 0 spiro atoms. The molecule has 0 aliphatic carbocycles. The summed E-state index contributed by atoms with van der Waals surface area (Å²) >= 11 is 7.23. The molecule has 1 aliphatic heterocycles. The van der Waals surface area contributed by atoms with Crippen LogP contribution in [0.2, 0.25) is 0 Å². The second-order valence-corrected chi connectivity index (χ2v) is 7.12. The summed E-state index contributed by atoms with van der Waals surface area (Å²) in [4.78, 5) is 0. The van der Waals surface area contributed by atoms with Gasteiger partial charge in [-0.25, -0.2) is 0 Å². The molecule has 3 aromatic rings. The number of anilines is 4. The number of nitrogen functional groups attached to an aromatic ring is 1. The van der Waals surface area contributed by atoms with E-state index >= 15 is 0 Å². The van der Waals surface area contributed by atoms with Gasteiger partial charge in [0.1, 0.15) is 0 Å². The fourth-order valence-electron chi connectivity index (χ4n) is 2.95.